The average Bonchev–Trinajstić information content (AvgIpc) is 2.60. The first-order valence-corrected chi connectivity index (χ1v) is 10.6. The molecule has 0 spiro atoms. The predicted molar refractivity (Wildman–Crippen MR) is 105 cm³/mol. The van der Waals surface area contributed by atoms with E-state index in [0.29, 0.717) is 30.6 Å². The molecule has 160 valence electrons. The van der Waals surface area contributed by atoms with Crippen LogP contribution in [0.2, 0.25) is 0 Å². The van der Waals surface area contributed by atoms with Gasteiger partial charge in [-0.25, -0.2) is 0 Å². The molecule has 6 heteroatoms. The van der Waals surface area contributed by atoms with Crippen molar-refractivity contribution < 1.29 is 29.3 Å². The molecule has 0 unspecified atom stereocenters. The van der Waals surface area contributed by atoms with Crippen LogP contribution in [-0.4, -0.2) is 47.1 Å². The van der Waals surface area contributed by atoms with Crippen LogP contribution in [0.3, 0.4) is 0 Å². The molecule has 0 heterocycles. The molecule has 0 radical (unpaired) electrons. The van der Waals surface area contributed by atoms with Crippen LogP contribution in [0.25, 0.3) is 0 Å². The summed E-state index contributed by atoms with van der Waals surface area (Å²) in [5.74, 6) is 0.831. The minimum Gasteiger partial charge on any atom is -0.462 e. The topological polar surface area (TPSA) is 93.1 Å². The van der Waals surface area contributed by atoms with Crippen molar-refractivity contribution in [2.45, 2.75) is 84.0 Å². The van der Waals surface area contributed by atoms with E-state index in [1.54, 1.807) is 0 Å². The summed E-state index contributed by atoms with van der Waals surface area (Å²) in [4.78, 5) is 23.1. The molecular weight excluding hydrogens is 360 g/mol. The molecule has 0 aromatic heterocycles. The second-order valence-corrected chi connectivity index (χ2v) is 8.44. The molecule has 0 saturated heterocycles. The number of carbonyl (C=O) groups is 2. The molecular formula is C22H36O6. The fourth-order valence-corrected chi connectivity index (χ4v) is 5.06. The SMILES string of the molecule is CC(=O)O[C@@H](CC[C@@H]1[C@H]2[C@@H](OC(C)=O)CCC[C@@H]2C=C[C@@H]1C)C[C@H](O)CCO. The highest BCUT2D eigenvalue weighted by atomic mass is 16.5. The highest BCUT2D eigenvalue weighted by Gasteiger charge is 2.43. The summed E-state index contributed by atoms with van der Waals surface area (Å²) in [6.07, 6.45) is 8.63. The molecule has 7 atom stereocenters. The van der Waals surface area contributed by atoms with Gasteiger partial charge in [-0.1, -0.05) is 19.1 Å². The van der Waals surface area contributed by atoms with E-state index in [1.807, 2.05) is 0 Å². The molecule has 0 aromatic carbocycles. The standard InChI is InChI=1S/C22H36O6/c1-14-7-8-17-5-4-6-21(28-16(3)25)22(17)20(14)10-9-19(27-15(2)24)13-18(26)11-12-23/h7-8,14,17-23,26H,4-6,9-13H2,1-3H3/t14-,17+,18+,19-,20-,21-,22-/m0/s1. The van der Waals surface area contributed by atoms with Crippen LogP contribution in [0.15, 0.2) is 12.2 Å². The van der Waals surface area contributed by atoms with Gasteiger partial charge in [-0.3, -0.25) is 9.59 Å². The summed E-state index contributed by atoms with van der Waals surface area (Å²) in [5.41, 5.74) is 0. The Labute approximate surface area is 168 Å². The van der Waals surface area contributed by atoms with Crippen molar-refractivity contribution in [2.75, 3.05) is 6.61 Å². The number of aliphatic hydroxyl groups is 2. The zero-order chi connectivity index (χ0) is 20.7. The van der Waals surface area contributed by atoms with E-state index in [2.05, 4.69) is 19.1 Å². The highest BCUT2D eigenvalue weighted by molar-refractivity contribution is 5.66. The van der Waals surface area contributed by atoms with Gasteiger partial charge in [0.15, 0.2) is 0 Å². The van der Waals surface area contributed by atoms with Gasteiger partial charge in [-0.05, 0) is 56.3 Å². The molecule has 6 nitrogen and oxygen atoms in total. The summed E-state index contributed by atoms with van der Waals surface area (Å²) < 4.78 is 11.1. The van der Waals surface area contributed by atoms with Crippen molar-refractivity contribution in [1.29, 1.82) is 0 Å². The first-order valence-electron chi connectivity index (χ1n) is 10.6. The molecule has 1 fully saturated rings. The Balaban J connectivity index is 2.07. The number of ether oxygens (including phenoxy) is 2. The maximum Gasteiger partial charge on any atom is 0.302 e. The van der Waals surface area contributed by atoms with Crippen LogP contribution in [0.4, 0.5) is 0 Å². The first kappa shape index (κ1) is 22.9. The number of esters is 2. The average molecular weight is 397 g/mol. The van der Waals surface area contributed by atoms with Crippen LogP contribution in [0.5, 0.6) is 0 Å². The van der Waals surface area contributed by atoms with Gasteiger partial charge < -0.3 is 19.7 Å². The van der Waals surface area contributed by atoms with E-state index in [0.717, 1.165) is 25.7 Å². The number of aliphatic hydroxyl groups excluding tert-OH is 2. The lowest BCUT2D eigenvalue weighted by atomic mass is 9.62. The predicted octanol–water partition coefficient (Wildman–Crippen LogP) is 3.00. The number of rotatable bonds is 9. The van der Waals surface area contributed by atoms with Gasteiger partial charge >= 0.3 is 11.9 Å². The second kappa shape index (κ2) is 11.0. The molecule has 0 amide bonds. The summed E-state index contributed by atoms with van der Waals surface area (Å²) in [6.45, 7) is 4.95. The summed E-state index contributed by atoms with van der Waals surface area (Å²) in [6, 6.07) is 0. The van der Waals surface area contributed by atoms with E-state index in [4.69, 9.17) is 14.6 Å². The fraction of sp³-hybridized carbons (Fsp3) is 0.818. The number of carbonyl (C=O) groups excluding carboxylic acids is 2. The van der Waals surface area contributed by atoms with E-state index < -0.39 is 6.10 Å². The summed E-state index contributed by atoms with van der Waals surface area (Å²) in [7, 11) is 0. The van der Waals surface area contributed by atoms with Crippen molar-refractivity contribution in [1.82, 2.24) is 0 Å². The maximum absolute atomic E-state index is 11.6. The van der Waals surface area contributed by atoms with Crippen molar-refractivity contribution in [3.8, 4) is 0 Å². The smallest absolute Gasteiger partial charge is 0.302 e. The van der Waals surface area contributed by atoms with Crippen LogP contribution < -0.4 is 0 Å². The Hall–Kier alpha value is -1.40. The Bertz CT molecular complexity index is 545. The quantitative estimate of drug-likeness (QED) is 0.460. The van der Waals surface area contributed by atoms with Crippen LogP contribution in [-0.2, 0) is 19.1 Å². The third-order valence-corrected chi connectivity index (χ3v) is 6.25. The number of hydrogen-bond donors (Lipinski definition) is 2. The van der Waals surface area contributed by atoms with E-state index in [-0.39, 0.29) is 43.1 Å². The first-order chi connectivity index (χ1) is 13.3. The zero-order valence-electron chi connectivity index (χ0n) is 17.4. The maximum atomic E-state index is 11.6. The van der Waals surface area contributed by atoms with Crippen LogP contribution >= 0.6 is 0 Å². The van der Waals surface area contributed by atoms with Crippen LogP contribution in [0, 0.1) is 23.7 Å². The minimum atomic E-state index is -0.686. The molecule has 2 rings (SSSR count). The molecule has 0 aliphatic heterocycles. The van der Waals surface area contributed by atoms with Crippen molar-refractivity contribution in [3.63, 3.8) is 0 Å². The van der Waals surface area contributed by atoms with E-state index in [1.165, 1.54) is 13.8 Å². The van der Waals surface area contributed by atoms with Gasteiger partial charge in [0.05, 0.1) is 6.10 Å². The molecule has 2 aliphatic rings. The normalized spacial score (nSPS) is 31.5. The largest absolute Gasteiger partial charge is 0.462 e. The number of fused-ring (bicyclic) bond motifs is 1. The van der Waals surface area contributed by atoms with Crippen LogP contribution in [0.1, 0.15) is 65.7 Å². The molecule has 2 N–H and O–H groups in total. The molecule has 28 heavy (non-hydrogen) atoms. The van der Waals surface area contributed by atoms with Gasteiger partial charge in [0.25, 0.3) is 0 Å². The molecule has 0 bridgehead atoms. The summed E-state index contributed by atoms with van der Waals surface area (Å²) >= 11 is 0. The van der Waals surface area contributed by atoms with E-state index in [9.17, 15) is 14.7 Å². The third kappa shape index (κ3) is 6.59. The molecule has 1 saturated carbocycles. The Kier molecular flexibility index (Phi) is 8.96. The fourth-order valence-electron chi connectivity index (χ4n) is 5.06. The minimum absolute atomic E-state index is 0.0548. The van der Waals surface area contributed by atoms with E-state index >= 15 is 0 Å². The summed E-state index contributed by atoms with van der Waals surface area (Å²) in [5, 5.41) is 19.0. The second-order valence-electron chi connectivity index (χ2n) is 8.44. The van der Waals surface area contributed by atoms with Gasteiger partial charge in [0.2, 0.25) is 0 Å². The number of hydrogen-bond acceptors (Lipinski definition) is 6. The highest BCUT2D eigenvalue weighted by Crippen LogP contribution is 2.46. The van der Waals surface area contributed by atoms with Gasteiger partial charge in [0.1, 0.15) is 12.2 Å². The molecule has 2 aliphatic carbocycles. The zero-order valence-corrected chi connectivity index (χ0v) is 17.4. The van der Waals surface area contributed by atoms with Gasteiger partial charge in [0, 0.05) is 32.8 Å². The lowest BCUT2D eigenvalue weighted by molar-refractivity contribution is -0.156. The van der Waals surface area contributed by atoms with Crippen molar-refractivity contribution in [3.05, 3.63) is 12.2 Å². The lowest BCUT2D eigenvalue weighted by Crippen LogP contribution is -2.43. The lowest BCUT2D eigenvalue weighted by Gasteiger charge is -2.45. The Morgan fingerprint density at radius 1 is 1.14 bits per heavy atom. The molecule has 0 aromatic rings. The monoisotopic (exact) mass is 396 g/mol. The van der Waals surface area contributed by atoms with Gasteiger partial charge in [-0.15, -0.1) is 0 Å². The van der Waals surface area contributed by atoms with Gasteiger partial charge in [-0.2, -0.15) is 0 Å². The third-order valence-electron chi connectivity index (χ3n) is 6.25. The van der Waals surface area contributed by atoms with Crippen molar-refractivity contribution >= 4 is 11.9 Å². The number of allylic oxidation sites excluding steroid dienone is 2. The van der Waals surface area contributed by atoms with Crippen molar-refractivity contribution in [2.24, 2.45) is 23.7 Å². The Morgan fingerprint density at radius 3 is 2.54 bits per heavy atom. The Morgan fingerprint density at radius 2 is 1.89 bits per heavy atom.